The molecule has 4 nitrogen and oxygen atoms in total. The predicted molar refractivity (Wildman–Crippen MR) is 90.6 cm³/mol. The van der Waals surface area contributed by atoms with Gasteiger partial charge in [-0.25, -0.2) is 4.79 Å². The summed E-state index contributed by atoms with van der Waals surface area (Å²) in [5.41, 5.74) is 0.0122. The van der Waals surface area contributed by atoms with Crippen LogP contribution in [0.2, 0.25) is 0 Å². The molecule has 0 amide bonds. The van der Waals surface area contributed by atoms with Gasteiger partial charge in [0.25, 0.3) is 0 Å². The van der Waals surface area contributed by atoms with E-state index in [1.54, 1.807) is 26.8 Å². The molecule has 1 unspecified atom stereocenters. The van der Waals surface area contributed by atoms with Crippen LogP contribution in [0.3, 0.4) is 0 Å². The van der Waals surface area contributed by atoms with Crippen LogP contribution >= 0.6 is 0 Å². The summed E-state index contributed by atoms with van der Waals surface area (Å²) in [4.78, 5) is 24.0. The highest BCUT2D eigenvalue weighted by Crippen LogP contribution is 2.25. The van der Waals surface area contributed by atoms with Gasteiger partial charge in [0.05, 0.1) is 12.0 Å². The number of carbonyl (C=O) groups excluding carboxylic acids is 2. The third-order valence-electron chi connectivity index (χ3n) is 3.59. The van der Waals surface area contributed by atoms with Gasteiger partial charge in [0.2, 0.25) is 0 Å². The fourth-order valence-corrected chi connectivity index (χ4v) is 1.68. The molecule has 0 radical (unpaired) electrons. The summed E-state index contributed by atoms with van der Waals surface area (Å²) in [6, 6.07) is 9.47. The summed E-state index contributed by atoms with van der Waals surface area (Å²) in [5.74, 6) is -0.578. The van der Waals surface area contributed by atoms with Gasteiger partial charge < -0.3 is 9.47 Å². The van der Waals surface area contributed by atoms with Crippen LogP contribution in [-0.2, 0) is 19.1 Å². The minimum absolute atomic E-state index is 0.265. The Morgan fingerprint density at radius 1 is 1.13 bits per heavy atom. The summed E-state index contributed by atoms with van der Waals surface area (Å²) in [7, 11) is 0. The van der Waals surface area contributed by atoms with Crippen LogP contribution in [0.5, 0.6) is 0 Å². The Morgan fingerprint density at radius 2 is 1.74 bits per heavy atom. The molecule has 1 aromatic carbocycles. The molecule has 0 saturated heterocycles. The Morgan fingerprint density at radius 3 is 2.30 bits per heavy atom. The molecule has 0 heterocycles. The smallest absolute Gasteiger partial charge is 0.331 e. The number of hydrogen-bond donors (Lipinski definition) is 0. The molecule has 0 saturated carbocycles. The number of ether oxygens (including phenoxy) is 2. The maximum atomic E-state index is 12.1. The molecule has 23 heavy (non-hydrogen) atoms. The number of hydrogen-bond acceptors (Lipinski definition) is 4. The molecule has 0 N–H and O–H groups in total. The second-order valence-electron chi connectivity index (χ2n) is 6.54. The molecule has 0 aliphatic rings. The first-order chi connectivity index (χ1) is 10.7. The fourth-order valence-electron chi connectivity index (χ4n) is 1.68. The zero-order chi connectivity index (χ0) is 17.5. The van der Waals surface area contributed by atoms with Crippen molar-refractivity contribution in [3.63, 3.8) is 0 Å². The van der Waals surface area contributed by atoms with Crippen molar-refractivity contribution in [2.75, 3.05) is 6.61 Å². The van der Waals surface area contributed by atoms with E-state index in [2.05, 4.69) is 0 Å². The molecule has 0 aliphatic carbocycles. The third-order valence-corrected chi connectivity index (χ3v) is 3.59. The van der Waals surface area contributed by atoms with Crippen molar-refractivity contribution >= 4 is 18.0 Å². The van der Waals surface area contributed by atoms with E-state index in [4.69, 9.17) is 9.47 Å². The predicted octanol–water partition coefficient (Wildman–Crippen LogP) is 3.86. The van der Waals surface area contributed by atoms with Crippen molar-refractivity contribution < 1.29 is 19.1 Å². The molecule has 126 valence electrons. The first kappa shape index (κ1) is 18.9. The van der Waals surface area contributed by atoms with Gasteiger partial charge >= 0.3 is 11.9 Å². The lowest BCUT2D eigenvalue weighted by Gasteiger charge is -2.29. The average Bonchev–Trinajstić information content (AvgIpc) is 2.51. The van der Waals surface area contributed by atoms with Crippen LogP contribution in [0.25, 0.3) is 6.08 Å². The molecule has 1 rings (SSSR count). The maximum absolute atomic E-state index is 12.1. The molecule has 0 aliphatic heterocycles. The van der Waals surface area contributed by atoms with E-state index in [-0.39, 0.29) is 11.9 Å². The Kier molecular flexibility index (Phi) is 7.01. The molecule has 0 fully saturated rings. The first-order valence-corrected chi connectivity index (χ1v) is 7.84. The highest BCUT2D eigenvalue weighted by atomic mass is 16.6. The Bertz CT molecular complexity index is 544. The molecule has 0 aromatic heterocycles. The lowest BCUT2D eigenvalue weighted by Crippen LogP contribution is -2.39. The minimum atomic E-state index is -0.898. The Labute approximate surface area is 138 Å². The van der Waals surface area contributed by atoms with Crippen molar-refractivity contribution in [3.8, 4) is 0 Å². The van der Waals surface area contributed by atoms with Crippen LogP contribution in [0.15, 0.2) is 36.4 Å². The van der Waals surface area contributed by atoms with Crippen molar-refractivity contribution in [2.24, 2.45) is 11.3 Å². The van der Waals surface area contributed by atoms with Gasteiger partial charge in [-0.05, 0) is 38.3 Å². The van der Waals surface area contributed by atoms with E-state index in [0.717, 1.165) is 5.56 Å². The van der Waals surface area contributed by atoms with E-state index in [1.807, 2.05) is 44.2 Å². The number of esters is 2. The molecule has 4 heteroatoms. The molecular formula is C19H26O4. The second kappa shape index (κ2) is 8.51. The monoisotopic (exact) mass is 318 g/mol. The first-order valence-electron chi connectivity index (χ1n) is 7.84. The highest BCUT2D eigenvalue weighted by molar-refractivity contribution is 5.87. The van der Waals surface area contributed by atoms with E-state index in [9.17, 15) is 9.59 Å². The number of rotatable bonds is 7. The number of benzene rings is 1. The summed E-state index contributed by atoms with van der Waals surface area (Å²) < 4.78 is 10.6. The fraction of sp³-hybridized carbons (Fsp3) is 0.474. The highest BCUT2D eigenvalue weighted by Gasteiger charge is 2.38. The Hall–Kier alpha value is -2.10. The van der Waals surface area contributed by atoms with Crippen molar-refractivity contribution in [2.45, 2.75) is 40.7 Å². The zero-order valence-corrected chi connectivity index (χ0v) is 14.5. The van der Waals surface area contributed by atoms with Crippen LogP contribution in [0.4, 0.5) is 0 Å². The van der Waals surface area contributed by atoms with Gasteiger partial charge in [0, 0.05) is 6.08 Å². The van der Waals surface area contributed by atoms with Crippen molar-refractivity contribution in [1.29, 1.82) is 0 Å². The summed E-state index contributed by atoms with van der Waals surface area (Å²) in [6.45, 7) is 9.43. The maximum Gasteiger partial charge on any atom is 0.331 e. The van der Waals surface area contributed by atoms with E-state index in [0.29, 0.717) is 6.61 Å². The molecule has 1 atom stereocenters. The average molecular weight is 318 g/mol. The van der Waals surface area contributed by atoms with Crippen LogP contribution in [0.1, 0.15) is 40.2 Å². The minimum Gasteiger partial charge on any atom is -0.465 e. The Balaban J connectivity index is 2.59. The molecule has 0 spiro atoms. The van der Waals surface area contributed by atoms with Crippen molar-refractivity contribution in [3.05, 3.63) is 42.0 Å². The van der Waals surface area contributed by atoms with E-state index in [1.165, 1.54) is 6.08 Å². The zero-order valence-electron chi connectivity index (χ0n) is 14.5. The van der Waals surface area contributed by atoms with Crippen LogP contribution in [-0.4, -0.2) is 24.6 Å². The lowest BCUT2D eigenvalue weighted by atomic mass is 9.87. The third kappa shape index (κ3) is 6.27. The van der Waals surface area contributed by atoms with Gasteiger partial charge in [-0.3, -0.25) is 4.79 Å². The SMILES string of the molecule is CC(C)COC(=O)C(C)(C)C(C)OC(=O)/C=C/c1ccccc1. The molecular weight excluding hydrogens is 292 g/mol. The topological polar surface area (TPSA) is 52.6 Å². The number of carbonyl (C=O) groups is 2. The summed E-state index contributed by atoms with van der Waals surface area (Å²) >= 11 is 0. The van der Waals surface area contributed by atoms with Gasteiger partial charge in [-0.1, -0.05) is 44.2 Å². The lowest BCUT2D eigenvalue weighted by molar-refractivity contribution is -0.167. The largest absolute Gasteiger partial charge is 0.465 e. The summed E-state index contributed by atoms with van der Waals surface area (Å²) in [5, 5.41) is 0. The van der Waals surface area contributed by atoms with Gasteiger partial charge in [-0.15, -0.1) is 0 Å². The van der Waals surface area contributed by atoms with E-state index < -0.39 is 17.5 Å². The van der Waals surface area contributed by atoms with Crippen LogP contribution in [0, 0.1) is 11.3 Å². The van der Waals surface area contributed by atoms with Gasteiger partial charge in [0.15, 0.2) is 0 Å². The van der Waals surface area contributed by atoms with Crippen LogP contribution < -0.4 is 0 Å². The standard InChI is InChI=1S/C19H26O4/c1-14(2)13-22-18(21)19(4,5)15(3)23-17(20)12-11-16-9-7-6-8-10-16/h6-12,14-15H,13H2,1-5H3/b12-11+. The van der Waals surface area contributed by atoms with Crippen molar-refractivity contribution in [1.82, 2.24) is 0 Å². The van der Waals surface area contributed by atoms with Gasteiger partial charge in [-0.2, -0.15) is 0 Å². The second-order valence-corrected chi connectivity index (χ2v) is 6.54. The van der Waals surface area contributed by atoms with Gasteiger partial charge in [0.1, 0.15) is 6.10 Å². The van der Waals surface area contributed by atoms with E-state index >= 15 is 0 Å². The molecule has 0 bridgehead atoms. The quantitative estimate of drug-likeness (QED) is 0.566. The normalized spacial score (nSPS) is 13.1. The molecule has 1 aromatic rings. The summed E-state index contributed by atoms with van der Waals surface area (Å²) in [6.07, 6.45) is 2.45.